The molecule has 1 aromatic heterocycles. The van der Waals surface area contributed by atoms with Gasteiger partial charge in [-0.05, 0) is 34.7 Å². The van der Waals surface area contributed by atoms with Gasteiger partial charge in [-0.15, -0.1) is 0 Å². The van der Waals surface area contributed by atoms with Crippen LogP contribution in [0.2, 0.25) is 0 Å². The van der Waals surface area contributed by atoms with Crippen LogP contribution in [-0.2, 0) is 4.79 Å². The average Bonchev–Trinajstić information content (AvgIpc) is 2.06. The van der Waals surface area contributed by atoms with E-state index >= 15 is 0 Å². The molecule has 13 heavy (non-hydrogen) atoms. The Bertz CT molecular complexity index is 362. The fourth-order valence-corrected chi connectivity index (χ4v) is 1.25. The minimum Gasteiger partial charge on any atom is -0.383 e. The van der Waals surface area contributed by atoms with Crippen LogP contribution in [0.25, 0.3) is 6.08 Å². The molecule has 0 fully saturated rings. The summed E-state index contributed by atoms with van der Waals surface area (Å²) >= 11 is 2.11. The maximum absolute atomic E-state index is 10.4. The molecule has 0 unspecified atom stereocenters. The van der Waals surface area contributed by atoms with Crippen molar-refractivity contribution < 1.29 is 4.79 Å². The van der Waals surface area contributed by atoms with Crippen LogP contribution < -0.4 is 11.5 Å². The number of halogens is 1. The Morgan fingerprint density at radius 2 is 2.31 bits per heavy atom. The van der Waals surface area contributed by atoms with Crippen molar-refractivity contribution in [3.8, 4) is 0 Å². The Balaban J connectivity index is 3.00. The number of carbonyl (C=O) groups is 1. The van der Waals surface area contributed by atoms with E-state index in [0.29, 0.717) is 11.4 Å². The van der Waals surface area contributed by atoms with Crippen molar-refractivity contribution in [2.75, 3.05) is 5.73 Å². The highest BCUT2D eigenvalue weighted by Crippen LogP contribution is 2.13. The Morgan fingerprint density at radius 3 is 2.92 bits per heavy atom. The molecule has 68 valence electrons. The van der Waals surface area contributed by atoms with Crippen LogP contribution >= 0.6 is 22.6 Å². The van der Waals surface area contributed by atoms with Gasteiger partial charge in [0.15, 0.2) is 0 Å². The van der Waals surface area contributed by atoms with Gasteiger partial charge in [0.1, 0.15) is 5.82 Å². The molecular formula is C8H8IN3O. The zero-order valence-electron chi connectivity index (χ0n) is 6.70. The SMILES string of the molecule is NC(=O)/C=C/c1cc(I)cnc1N. The number of rotatable bonds is 2. The molecule has 0 saturated carbocycles. The standard InChI is InChI=1S/C8H8IN3O/c9-6-3-5(1-2-7(10)13)8(11)12-4-6/h1-4H,(H2,10,13)(H2,11,12)/b2-1+. The number of aromatic nitrogens is 1. The van der Waals surface area contributed by atoms with Gasteiger partial charge >= 0.3 is 0 Å². The van der Waals surface area contributed by atoms with Gasteiger partial charge in [-0.3, -0.25) is 4.79 Å². The molecule has 1 aromatic rings. The van der Waals surface area contributed by atoms with E-state index in [0.717, 1.165) is 3.57 Å². The van der Waals surface area contributed by atoms with Crippen molar-refractivity contribution >= 4 is 40.4 Å². The van der Waals surface area contributed by atoms with Gasteiger partial charge in [-0.25, -0.2) is 4.98 Å². The molecule has 0 aliphatic carbocycles. The molecule has 0 spiro atoms. The molecule has 0 aliphatic heterocycles. The first-order valence-electron chi connectivity index (χ1n) is 3.48. The van der Waals surface area contributed by atoms with Crippen molar-refractivity contribution in [2.24, 2.45) is 5.73 Å². The van der Waals surface area contributed by atoms with Gasteiger partial charge in [-0.1, -0.05) is 0 Å². The van der Waals surface area contributed by atoms with Crippen molar-refractivity contribution in [1.82, 2.24) is 4.98 Å². The average molecular weight is 289 g/mol. The van der Waals surface area contributed by atoms with Gasteiger partial charge in [-0.2, -0.15) is 0 Å². The van der Waals surface area contributed by atoms with Crippen LogP contribution in [0.15, 0.2) is 18.3 Å². The second-order valence-corrected chi connectivity index (χ2v) is 3.61. The minimum absolute atomic E-state index is 0.387. The second kappa shape index (κ2) is 4.22. The van der Waals surface area contributed by atoms with Gasteiger partial charge in [0.25, 0.3) is 0 Å². The van der Waals surface area contributed by atoms with Gasteiger partial charge in [0, 0.05) is 21.4 Å². The lowest BCUT2D eigenvalue weighted by Gasteiger charge is -1.98. The third-order valence-electron chi connectivity index (χ3n) is 1.34. The molecule has 0 saturated heterocycles. The normalized spacial score (nSPS) is 10.5. The number of carbonyl (C=O) groups excluding carboxylic acids is 1. The molecule has 1 heterocycles. The third kappa shape index (κ3) is 3.02. The summed E-state index contributed by atoms with van der Waals surface area (Å²) in [6.07, 6.45) is 4.45. The first kappa shape index (κ1) is 9.97. The van der Waals surface area contributed by atoms with Crippen molar-refractivity contribution in [3.05, 3.63) is 27.5 Å². The first-order chi connectivity index (χ1) is 6.09. The molecule has 4 nitrogen and oxygen atoms in total. The summed E-state index contributed by atoms with van der Waals surface area (Å²) in [5, 5.41) is 0. The van der Waals surface area contributed by atoms with E-state index in [1.165, 1.54) is 6.08 Å². The maximum Gasteiger partial charge on any atom is 0.241 e. The smallest absolute Gasteiger partial charge is 0.241 e. The topological polar surface area (TPSA) is 82.0 Å². The number of hydrogen-bond acceptors (Lipinski definition) is 3. The molecule has 0 aliphatic rings. The summed E-state index contributed by atoms with van der Waals surface area (Å²) in [4.78, 5) is 14.4. The van der Waals surface area contributed by atoms with E-state index in [1.54, 1.807) is 12.3 Å². The molecule has 5 heteroatoms. The Labute approximate surface area is 89.2 Å². The van der Waals surface area contributed by atoms with Gasteiger partial charge < -0.3 is 11.5 Å². The number of pyridine rings is 1. The summed E-state index contributed by atoms with van der Waals surface area (Å²) in [5.41, 5.74) is 11.2. The highest BCUT2D eigenvalue weighted by atomic mass is 127. The van der Waals surface area contributed by atoms with E-state index in [2.05, 4.69) is 27.6 Å². The molecule has 0 bridgehead atoms. The van der Waals surface area contributed by atoms with E-state index < -0.39 is 5.91 Å². The monoisotopic (exact) mass is 289 g/mol. The molecule has 0 radical (unpaired) electrons. The predicted octanol–water partition coefficient (Wildman–Crippen LogP) is 0.767. The van der Waals surface area contributed by atoms with Crippen LogP contribution in [0.4, 0.5) is 5.82 Å². The van der Waals surface area contributed by atoms with Crippen LogP contribution in [0.5, 0.6) is 0 Å². The van der Waals surface area contributed by atoms with E-state index in [9.17, 15) is 4.79 Å². The van der Waals surface area contributed by atoms with Gasteiger partial charge in [0.2, 0.25) is 5.91 Å². The fourth-order valence-electron chi connectivity index (χ4n) is 0.771. The van der Waals surface area contributed by atoms with Crippen molar-refractivity contribution in [3.63, 3.8) is 0 Å². The lowest BCUT2D eigenvalue weighted by atomic mass is 10.2. The Hall–Kier alpha value is -1.11. The summed E-state index contributed by atoms with van der Waals surface area (Å²) in [7, 11) is 0. The molecule has 4 N–H and O–H groups in total. The molecule has 1 amide bonds. The van der Waals surface area contributed by atoms with Crippen LogP contribution in [0.3, 0.4) is 0 Å². The lowest BCUT2D eigenvalue weighted by Crippen LogP contribution is -2.05. The Morgan fingerprint density at radius 1 is 1.62 bits per heavy atom. The van der Waals surface area contributed by atoms with E-state index in [-0.39, 0.29) is 0 Å². The van der Waals surface area contributed by atoms with E-state index in [4.69, 9.17) is 11.5 Å². The summed E-state index contributed by atoms with van der Waals surface area (Å²) in [6.45, 7) is 0. The molecule has 1 rings (SSSR count). The lowest BCUT2D eigenvalue weighted by molar-refractivity contribution is -0.113. The number of primary amides is 1. The number of nitrogens with two attached hydrogens (primary N) is 2. The Kier molecular flexibility index (Phi) is 3.24. The largest absolute Gasteiger partial charge is 0.383 e. The van der Waals surface area contributed by atoms with Crippen LogP contribution in [0.1, 0.15) is 5.56 Å². The first-order valence-corrected chi connectivity index (χ1v) is 4.56. The molecular weight excluding hydrogens is 281 g/mol. The quantitative estimate of drug-likeness (QED) is 0.623. The maximum atomic E-state index is 10.4. The zero-order chi connectivity index (χ0) is 9.84. The highest BCUT2D eigenvalue weighted by Gasteiger charge is 1.97. The molecule has 0 aromatic carbocycles. The van der Waals surface area contributed by atoms with E-state index in [1.807, 2.05) is 6.07 Å². The highest BCUT2D eigenvalue weighted by molar-refractivity contribution is 14.1. The zero-order valence-corrected chi connectivity index (χ0v) is 8.86. The number of anilines is 1. The van der Waals surface area contributed by atoms with Crippen molar-refractivity contribution in [1.29, 1.82) is 0 Å². The third-order valence-corrected chi connectivity index (χ3v) is 1.93. The van der Waals surface area contributed by atoms with Crippen LogP contribution in [-0.4, -0.2) is 10.9 Å². The number of amides is 1. The fraction of sp³-hybridized carbons (Fsp3) is 0. The predicted molar refractivity (Wildman–Crippen MR) is 59.6 cm³/mol. The van der Waals surface area contributed by atoms with Crippen molar-refractivity contribution in [2.45, 2.75) is 0 Å². The summed E-state index contributed by atoms with van der Waals surface area (Å²) in [5.74, 6) is -0.115. The number of nitrogen functional groups attached to an aromatic ring is 1. The number of hydrogen-bond donors (Lipinski definition) is 2. The van der Waals surface area contributed by atoms with Crippen LogP contribution in [0, 0.1) is 3.57 Å². The summed E-state index contributed by atoms with van der Waals surface area (Å²) < 4.78 is 0.955. The van der Waals surface area contributed by atoms with Gasteiger partial charge in [0.05, 0.1) is 0 Å². The minimum atomic E-state index is -0.502. The summed E-state index contributed by atoms with van der Waals surface area (Å²) in [6, 6.07) is 1.82. The molecule has 0 atom stereocenters. The second-order valence-electron chi connectivity index (χ2n) is 2.36. The number of nitrogens with zero attached hydrogens (tertiary/aromatic N) is 1.